The van der Waals surface area contributed by atoms with Crippen LogP contribution in [0.5, 0.6) is 0 Å². The van der Waals surface area contributed by atoms with Crippen molar-refractivity contribution in [3.63, 3.8) is 0 Å². The Balaban J connectivity index is 1.74. The van der Waals surface area contributed by atoms with Crippen molar-refractivity contribution in [2.75, 3.05) is 27.2 Å². The Morgan fingerprint density at radius 3 is 2.81 bits per heavy atom. The second-order valence-corrected chi connectivity index (χ2v) is 6.94. The largest absolute Gasteiger partial charge is 0.348 e. The van der Waals surface area contributed by atoms with E-state index in [2.05, 4.69) is 20.6 Å². The summed E-state index contributed by atoms with van der Waals surface area (Å²) in [5.41, 5.74) is 2.12. The molecule has 0 aromatic carbocycles. The van der Waals surface area contributed by atoms with Gasteiger partial charge in [0.25, 0.3) is 11.8 Å². The van der Waals surface area contributed by atoms with E-state index < -0.39 is 0 Å². The van der Waals surface area contributed by atoms with Crippen LogP contribution in [-0.2, 0) is 19.5 Å². The normalized spacial score (nSPS) is 13.3. The van der Waals surface area contributed by atoms with Crippen LogP contribution in [0.15, 0.2) is 24.5 Å². The fourth-order valence-corrected chi connectivity index (χ4v) is 3.14. The summed E-state index contributed by atoms with van der Waals surface area (Å²) in [6, 6.07) is 3.73. The third kappa shape index (κ3) is 4.71. The predicted octanol–water partition coefficient (Wildman–Crippen LogP) is 0.836. The number of fused-ring (bicyclic) bond motifs is 1. The Morgan fingerprint density at radius 2 is 2.07 bits per heavy atom. The molecule has 3 rings (SSSR count). The zero-order valence-corrected chi connectivity index (χ0v) is 15.9. The monoisotopic (exact) mass is 370 g/mol. The Morgan fingerprint density at radius 1 is 1.22 bits per heavy atom. The average molecular weight is 370 g/mol. The van der Waals surface area contributed by atoms with Crippen molar-refractivity contribution < 1.29 is 9.59 Å². The van der Waals surface area contributed by atoms with Crippen molar-refractivity contribution in [2.24, 2.45) is 0 Å². The number of rotatable bonds is 7. The number of pyridine rings is 1. The lowest BCUT2D eigenvalue weighted by molar-refractivity contribution is 0.0935. The minimum absolute atomic E-state index is 0.230. The second-order valence-electron chi connectivity index (χ2n) is 6.94. The smallest absolute Gasteiger partial charge is 0.287 e. The lowest BCUT2D eigenvalue weighted by atomic mass is 10.1. The molecule has 144 valence electrons. The number of likely N-dealkylation sites (N-methyl/N-ethyl adjacent to an activating group) is 1. The van der Waals surface area contributed by atoms with Crippen molar-refractivity contribution in [1.29, 1.82) is 0 Å². The van der Waals surface area contributed by atoms with E-state index in [0.717, 1.165) is 37.1 Å². The Hall–Kier alpha value is -2.74. The van der Waals surface area contributed by atoms with E-state index in [-0.39, 0.29) is 11.8 Å². The number of nitrogens with zero attached hydrogens (tertiary/aromatic N) is 4. The summed E-state index contributed by atoms with van der Waals surface area (Å²) in [5, 5.41) is 5.77. The van der Waals surface area contributed by atoms with Gasteiger partial charge >= 0.3 is 0 Å². The SMILES string of the molecule is CN(C)CCNC(=O)c1nc(C(=O)NCc2cccnc2)c2n1CCCC2. The number of hydrogen-bond acceptors (Lipinski definition) is 5. The van der Waals surface area contributed by atoms with E-state index in [1.165, 1.54) is 0 Å². The summed E-state index contributed by atoms with van der Waals surface area (Å²) in [6.45, 7) is 2.38. The van der Waals surface area contributed by atoms with Gasteiger partial charge in [-0.25, -0.2) is 4.98 Å². The molecular formula is C19H26N6O2. The first-order chi connectivity index (χ1) is 13.1. The number of nitrogens with one attached hydrogen (secondary N) is 2. The minimum atomic E-state index is -0.253. The third-order valence-electron chi connectivity index (χ3n) is 4.56. The van der Waals surface area contributed by atoms with E-state index in [9.17, 15) is 9.59 Å². The number of imidazole rings is 1. The first-order valence-corrected chi connectivity index (χ1v) is 9.25. The number of hydrogen-bond donors (Lipinski definition) is 2. The molecule has 0 atom stereocenters. The average Bonchev–Trinajstić information content (AvgIpc) is 3.06. The highest BCUT2D eigenvalue weighted by Crippen LogP contribution is 2.21. The van der Waals surface area contributed by atoms with Crippen LogP contribution in [0.3, 0.4) is 0 Å². The Bertz CT molecular complexity index is 800. The summed E-state index contributed by atoms with van der Waals surface area (Å²) in [5.74, 6) is -0.155. The van der Waals surface area contributed by atoms with E-state index in [1.807, 2.05) is 35.7 Å². The molecule has 2 amide bonds. The van der Waals surface area contributed by atoms with Crippen molar-refractivity contribution in [3.05, 3.63) is 47.3 Å². The fraction of sp³-hybridized carbons (Fsp3) is 0.474. The van der Waals surface area contributed by atoms with Gasteiger partial charge in [0, 0.05) is 38.6 Å². The van der Waals surface area contributed by atoms with Gasteiger partial charge in [-0.3, -0.25) is 14.6 Å². The number of carbonyl (C=O) groups is 2. The molecule has 0 fully saturated rings. The maximum atomic E-state index is 12.7. The zero-order chi connectivity index (χ0) is 19.2. The van der Waals surface area contributed by atoms with Crippen molar-refractivity contribution in [2.45, 2.75) is 32.4 Å². The van der Waals surface area contributed by atoms with Crippen LogP contribution in [0.1, 0.15) is 45.2 Å². The molecule has 0 saturated heterocycles. The molecular weight excluding hydrogens is 344 g/mol. The molecule has 2 aromatic rings. The standard InChI is InChI=1S/C19H26N6O2/c1-24(2)11-9-21-19(27)17-23-16(15-7-3-4-10-25(15)17)18(26)22-13-14-6-5-8-20-12-14/h5-6,8,12H,3-4,7,9-11,13H2,1-2H3,(H,21,27)(H,22,26). The van der Waals surface area contributed by atoms with Crippen LogP contribution in [0.25, 0.3) is 0 Å². The molecule has 0 saturated carbocycles. The zero-order valence-electron chi connectivity index (χ0n) is 15.9. The molecule has 0 bridgehead atoms. The Labute approximate surface area is 159 Å². The molecule has 0 unspecified atom stereocenters. The van der Waals surface area contributed by atoms with Crippen LogP contribution < -0.4 is 10.6 Å². The molecule has 27 heavy (non-hydrogen) atoms. The molecule has 8 heteroatoms. The molecule has 0 aliphatic carbocycles. The van der Waals surface area contributed by atoms with Crippen LogP contribution in [0.4, 0.5) is 0 Å². The van der Waals surface area contributed by atoms with Gasteiger partial charge in [-0.05, 0) is 45.0 Å². The maximum Gasteiger partial charge on any atom is 0.287 e. The highest BCUT2D eigenvalue weighted by Gasteiger charge is 2.27. The Kier molecular flexibility index (Phi) is 6.18. The van der Waals surface area contributed by atoms with Gasteiger partial charge in [0.1, 0.15) is 5.69 Å². The minimum Gasteiger partial charge on any atom is -0.348 e. The number of carbonyl (C=O) groups excluding carboxylic acids is 2. The molecule has 2 N–H and O–H groups in total. The van der Waals surface area contributed by atoms with Crippen LogP contribution in [0, 0.1) is 0 Å². The highest BCUT2D eigenvalue weighted by molar-refractivity contribution is 5.97. The van der Waals surface area contributed by atoms with Gasteiger partial charge < -0.3 is 20.1 Å². The fourth-order valence-electron chi connectivity index (χ4n) is 3.14. The van der Waals surface area contributed by atoms with Gasteiger partial charge in [0.05, 0.1) is 5.69 Å². The first kappa shape index (κ1) is 19.0. The van der Waals surface area contributed by atoms with E-state index in [0.29, 0.717) is 31.2 Å². The summed E-state index contributed by atoms with van der Waals surface area (Å²) in [4.78, 5) is 35.7. The van der Waals surface area contributed by atoms with Crippen molar-refractivity contribution >= 4 is 11.8 Å². The second kappa shape index (κ2) is 8.77. The van der Waals surface area contributed by atoms with Crippen molar-refractivity contribution in [1.82, 2.24) is 30.1 Å². The molecule has 1 aliphatic rings. The number of aromatic nitrogens is 3. The predicted molar refractivity (Wildman–Crippen MR) is 101 cm³/mol. The van der Waals surface area contributed by atoms with E-state index in [4.69, 9.17) is 0 Å². The van der Waals surface area contributed by atoms with Crippen LogP contribution >= 0.6 is 0 Å². The quantitative estimate of drug-likeness (QED) is 0.753. The lowest BCUT2D eigenvalue weighted by Crippen LogP contribution is -2.33. The topological polar surface area (TPSA) is 92.2 Å². The van der Waals surface area contributed by atoms with Crippen LogP contribution in [-0.4, -0.2) is 58.4 Å². The van der Waals surface area contributed by atoms with E-state index >= 15 is 0 Å². The summed E-state index contributed by atoms with van der Waals surface area (Å²) in [7, 11) is 3.91. The van der Waals surface area contributed by atoms with Crippen molar-refractivity contribution in [3.8, 4) is 0 Å². The summed E-state index contributed by atoms with van der Waals surface area (Å²) >= 11 is 0. The summed E-state index contributed by atoms with van der Waals surface area (Å²) < 4.78 is 1.90. The highest BCUT2D eigenvalue weighted by atomic mass is 16.2. The molecule has 0 radical (unpaired) electrons. The number of amides is 2. The molecule has 3 heterocycles. The van der Waals surface area contributed by atoms with Gasteiger partial charge in [0.15, 0.2) is 5.82 Å². The molecule has 2 aromatic heterocycles. The molecule has 1 aliphatic heterocycles. The maximum absolute atomic E-state index is 12.7. The van der Waals surface area contributed by atoms with Crippen LogP contribution in [0.2, 0.25) is 0 Å². The summed E-state index contributed by atoms with van der Waals surface area (Å²) in [6.07, 6.45) is 6.15. The molecule has 0 spiro atoms. The van der Waals surface area contributed by atoms with E-state index in [1.54, 1.807) is 12.4 Å². The lowest BCUT2D eigenvalue weighted by Gasteiger charge is -2.17. The third-order valence-corrected chi connectivity index (χ3v) is 4.56. The molecule has 8 nitrogen and oxygen atoms in total. The van der Waals surface area contributed by atoms with Gasteiger partial charge in [0.2, 0.25) is 0 Å². The van der Waals surface area contributed by atoms with Gasteiger partial charge in [-0.1, -0.05) is 6.07 Å². The van der Waals surface area contributed by atoms with Gasteiger partial charge in [-0.15, -0.1) is 0 Å². The first-order valence-electron chi connectivity index (χ1n) is 9.25. The van der Waals surface area contributed by atoms with Gasteiger partial charge in [-0.2, -0.15) is 0 Å².